The monoisotopic (exact) mass is 278 g/mol. The fourth-order valence-corrected chi connectivity index (χ4v) is 2.35. The van der Waals surface area contributed by atoms with Crippen molar-refractivity contribution in [2.45, 2.75) is 46.6 Å². The van der Waals surface area contributed by atoms with Gasteiger partial charge in [0.15, 0.2) is 5.78 Å². The molecule has 1 aliphatic rings. The number of hydrogen-bond acceptors (Lipinski definition) is 4. The number of Topliss-reactive ketones (excluding diaryl/α,β-unsaturated/α-hetero) is 1. The third kappa shape index (κ3) is 4.93. The Morgan fingerprint density at radius 2 is 1.85 bits per heavy atom. The molecule has 0 saturated carbocycles. The number of nitrogens with one attached hydrogen (secondary N) is 1. The Morgan fingerprint density at radius 1 is 1.20 bits per heavy atom. The molecule has 0 aromatic carbocycles. The summed E-state index contributed by atoms with van der Waals surface area (Å²) in [6, 6.07) is 0.194. The van der Waals surface area contributed by atoms with E-state index in [2.05, 4.69) is 31.0 Å². The molecule has 0 saturated heterocycles. The summed E-state index contributed by atoms with van der Waals surface area (Å²) < 4.78 is 0. The molecule has 0 radical (unpaired) electrons. The van der Waals surface area contributed by atoms with Gasteiger partial charge in [-0.2, -0.15) is 0 Å². The molecule has 4 nitrogen and oxygen atoms in total. The largest absolute Gasteiger partial charge is 0.379 e. The van der Waals surface area contributed by atoms with E-state index >= 15 is 0 Å². The number of rotatable bonds is 8. The second kappa shape index (κ2) is 8.00. The summed E-state index contributed by atoms with van der Waals surface area (Å²) in [5, 5.41) is 3.17. The van der Waals surface area contributed by atoms with Gasteiger partial charge in [-0.3, -0.25) is 9.59 Å². The van der Waals surface area contributed by atoms with E-state index in [0.717, 1.165) is 32.5 Å². The molecular formula is C16H26N2O2. The van der Waals surface area contributed by atoms with E-state index in [0.29, 0.717) is 11.3 Å². The number of ketones is 2. The van der Waals surface area contributed by atoms with Crippen LogP contribution < -0.4 is 5.32 Å². The summed E-state index contributed by atoms with van der Waals surface area (Å²) in [5.41, 5.74) is 0.945. The van der Waals surface area contributed by atoms with Gasteiger partial charge < -0.3 is 10.2 Å². The van der Waals surface area contributed by atoms with E-state index in [1.54, 1.807) is 6.92 Å². The highest BCUT2D eigenvalue weighted by Gasteiger charge is 2.19. The van der Waals surface area contributed by atoms with E-state index in [9.17, 15) is 9.59 Å². The minimum Gasteiger partial charge on any atom is -0.379 e. The second-order valence-electron chi connectivity index (χ2n) is 5.33. The molecule has 0 heterocycles. The van der Waals surface area contributed by atoms with Crippen molar-refractivity contribution in [2.24, 2.45) is 0 Å². The summed E-state index contributed by atoms with van der Waals surface area (Å²) in [4.78, 5) is 25.7. The number of nitrogens with zero attached hydrogens (tertiary/aromatic N) is 1. The molecule has 0 aromatic rings. The lowest BCUT2D eigenvalue weighted by molar-refractivity contribution is -0.115. The highest BCUT2D eigenvalue weighted by Crippen LogP contribution is 2.12. The van der Waals surface area contributed by atoms with Crippen LogP contribution in [0.2, 0.25) is 0 Å². The summed E-state index contributed by atoms with van der Waals surface area (Å²) in [5.74, 6) is -0.180. The molecule has 0 amide bonds. The predicted octanol–water partition coefficient (Wildman–Crippen LogP) is 2.07. The Hall–Kier alpha value is -1.42. The Balaban J connectivity index is 2.41. The Bertz CT molecular complexity index is 420. The zero-order valence-electron chi connectivity index (χ0n) is 13.0. The van der Waals surface area contributed by atoms with Gasteiger partial charge in [-0.25, -0.2) is 0 Å². The molecular weight excluding hydrogens is 252 g/mol. The first-order valence-electron chi connectivity index (χ1n) is 7.45. The minimum absolute atomic E-state index is 0.0693. The van der Waals surface area contributed by atoms with Gasteiger partial charge in [-0.15, -0.1) is 0 Å². The first kappa shape index (κ1) is 16.6. The average Bonchev–Trinajstić information content (AvgIpc) is 2.40. The van der Waals surface area contributed by atoms with Crippen LogP contribution in [0.5, 0.6) is 0 Å². The molecule has 1 atom stereocenters. The zero-order valence-corrected chi connectivity index (χ0v) is 13.0. The van der Waals surface area contributed by atoms with Crippen LogP contribution in [0, 0.1) is 0 Å². The lowest BCUT2D eigenvalue weighted by atomic mass is 10.0. The van der Waals surface area contributed by atoms with E-state index in [-0.39, 0.29) is 17.6 Å². The molecule has 20 heavy (non-hydrogen) atoms. The quantitative estimate of drug-likeness (QED) is 0.691. The van der Waals surface area contributed by atoms with Crippen molar-refractivity contribution in [3.63, 3.8) is 0 Å². The molecule has 0 fully saturated rings. The van der Waals surface area contributed by atoms with Crippen LogP contribution >= 0.6 is 0 Å². The molecule has 0 spiro atoms. The van der Waals surface area contributed by atoms with Crippen molar-refractivity contribution in [2.75, 3.05) is 19.6 Å². The average molecular weight is 278 g/mol. The van der Waals surface area contributed by atoms with Crippen LogP contribution in [-0.2, 0) is 9.59 Å². The van der Waals surface area contributed by atoms with Crippen molar-refractivity contribution in [1.82, 2.24) is 10.2 Å². The first-order valence-corrected chi connectivity index (χ1v) is 7.45. The zero-order chi connectivity index (χ0) is 15.1. The first-order chi connectivity index (χ1) is 9.47. The van der Waals surface area contributed by atoms with Crippen LogP contribution in [0.3, 0.4) is 0 Å². The molecule has 112 valence electrons. The maximum absolute atomic E-state index is 11.9. The van der Waals surface area contributed by atoms with E-state index in [1.807, 2.05) is 0 Å². The van der Waals surface area contributed by atoms with Gasteiger partial charge in [0.25, 0.3) is 0 Å². The maximum Gasteiger partial charge on any atom is 0.204 e. The lowest BCUT2D eigenvalue weighted by Gasteiger charge is -2.21. The Labute approximate surface area is 121 Å². The van der Waals surface area contributed by atoms with E-state index in [4.69, 9.17) is 0 Å². The molecule has 1 unspecified atom stereocenters. The van der Waals surface area contributed by atoms with Gasteiger partial charge in [-0.05, 0) is 52.4 Å². The van der Waals surface area contributed by atoms with Gasteiger partial charge in [-0.1, -0.05) is 13.8 Å². The van der Waals surface area contributed by atoms with Crippen molar-refractivity contribution in [3.05, 3.63) is 23.4 Å². The van der Waals surface area contributed by atoms with Gasteiger partial charge in [0.05, 0.1) is 5.70 Å². The lowest BCUT2D eigenvalue weighted by Crippen LogP contribution is -2.33. The summed E-state index contributed by atoms with van der Waals surface area (Å²) in [7, 11) is 0. The smallest absolute Gasteiger partial charge is 0.204 e. The van der Waals surface area contributed by atoms with Crippen molar-refractivity contribution in [1.29, 1.82) is 0 Å². The molecule has 4 heteroatoms. The van der Waals surface area contributed by atoms with Crippen molar-refractivity contribution in [3.8, 4) is 0 Å². The highest BCUT2D eigenvalue weighted by molar-refractivity contribution is 6.19. The minimum atomic E-state index is -0.111. The molecule has 0 bridgehead atoms. The molecule has 0 aliphatic heterocycles. The van der Waals surface area contributed by atoms with Crippen LogP contribution in [0.15, 0.2) is 23.4 Å². The van der Waals surface area contributed by atoms with Crippen LogP contribution in [-0.4, -0.2) is 42.1 Å². The number of carbonyl (C=O) groups excluding carboxylic acids is 2. The normalized spacial score (nSPS) is 17.1. The Kier molecular flexibility index (Phi) is 6.65. The van der Waals surface area contributed by atoms with Gasteiger partial charge in [0.2, 0.25) is 5.78 Å². The van der Waals surface area contributed by atoms with E-state index < -0.39 is 0 Å². The van der Waals surface area contributed by atoms with Crippen LogP contribution in [0.4, 0.5) is 0 Å². The summed E-state index contributed by atoms with van der Waals surface area (Å²) >= 11 is 0. The number of allylic oxidation sites excluding steroid dienone is 3. The third-order valence-corrected chi connectivity index (χ3v) is 3.66. The third-order valence-electron chi connectivity index (χ3n) is 3.66. The van der Waals surface area contributed by atoms with Crippen LogP contribution in [0.25, 0.3) is 0 Å². The predicted molar refractivity (Wildman–Crippen MR) is 81.5 cm³/mol. The van der Waals surface area contributed by atoms with Crippen LogP contribution in [0.1, 0.15) is 40.5 Å². The fourth-order valence-electron chi connectivity index (χ4n) is 2.35. The SMILES string of the molecule is CCN(CC)CCCC(C)NC1=CC(=O)C=C(C)C1=O. The fraction of sp³-hybridized carbons (Fsp3) is 0.625. The summed E-state index contributed by atoms with van der Waals surface area (Å²) in [6.45, 7) is 11.3. The highest BCUT2D eigenvalue weighted by atomic mass is 16.1. The number of hydrogen-bond donors (Lipinski definition) is 1. The number of carbonyl (C=O) groups is 2. The molecule has 1 rings (SSSR count). The molecule has 1 N–H and O–H groups in total. The Morgan fingerprint density at radius 3 is 2.45 bits per heavy atom. The maximum atomic E-state index is 11.9. The van der Waals surface area contributed by atoms with Gasteiger partial charge in [0, 0.05) is 17.7 Å². The van der Waals surface area contributed by atoms with Gasteiger partial charge in [0.1, 0.15) is 0 Å². The van der Waals surface area contributed by atoms with Crippen molar-refractivity contribution < 1.29 is 9.59 Å². The van der Waals surface area contributed by atoms with Gasteiger partial charge >= 0.3 is 0 Å². The topological polar surface area (TPSA) is 49.4 Å². The standard InChI is InChI=1S/C16H26N2O2/c1-5-18(6-2)9-7-8-13(4)17-15-11-14(19)10-12(3)16(15)20/h10-11,13,17H,5-9H2,1-4H3. The molecule has 1 aliphatic carbocycles. The second-order valence-corrected chi connectivity index (χ2v) is 5.33. The molecule has 0 aromatic heterocycles. The summed E-state index contributed by atoms with van der Waals surface area (Å²) in [6.07, 6.45) is 4.85. The van der Waals surface area contributed by atoms with Crippen molar-refractivity contribution >= 4 is 11.6 Å². The van der Waals surface area contributed by atoms with E-state index in [1.165, 1.54) is 12.2 Å².